The Morgan fingerprint density at radius 3 is 2.19 bits per heavy atom. The topological polar surface area (TPSA) is 55.0 Å². The van der Waals surface area contributed by atoms with E-state index >= 15 is 0 Å². The summed E-state index contributed by atoms with van der Waals surface area (Å²) in [6.07, 6.45) is 5.63. The molecule has 0 radical (unpaired) electrons. The number of hydrogen-bond donors (Lipinski definition) is 0. The van der Waals surface area contributed by atoms with Crippen LogP contribution in [0.3, 0.4) is 0 Å². The summed E-state index contributed by atoms with van der Waals surface area (Å²) in [5, 5.41) is 17.1. The van der Waals surface area contributed by atoms with E-state index in [2.05, 4.69) is 158 Å². The third kappa shape index (κ3) is 3.38. The Morgan fingerprint density at radius 1 is 0.695 bits per heavy atom. The van der Waals surface area contributed by atoms with E-state index in [0.717, 1.165) is 56.2 Å². The molecule has 0 amide bonds. The summed E-state index contributed by atoms with van der Waals surface area (Å²) >= 11 is 0. The van der Waals surface area contributed by atoms with E-state index in [4.69, 9.17) is 8.83 Å². The molecule has 276 valence electrons. The first-order valence-electron chi connectivity index (χ1n) is 21.0. The molecule has 59 heavy (non-hydrogen) atoms. The van der Waals surface area contributed by atoms with Gasteiger partial charge in [0, 0.05) is 49.9 Å². The summed E-state index contributed by atoms with van der Waals surface area (Å²) in [5.74, 6) is 1.27. The molecule has 0 fully saturated rings. The average molecular weight is 755 g/mol. The lowest BCUT2D eigenvalue weighted by atomic mass is 9.59. The lowest BCUT2D eigenvalue weighted by molar-refractivity contribution is 0.347. The van der Waals surface area contributed by atoms with E-state index in [1.165, 1.54) is 83.1 Å². The van der Waals surface area contributed by atoms with Gasteiger partial charge < -0.3 is 13.4 Å². The summed E-state index contributed by atoms with van der Waals surface area (Å²) in [6, 6.07) is 47.5. The van der Waals surface area contributed by atoms with Crippen molar-refractivity contribution in [3.63, 3.8) is 0 Å². The zero-order valence-corrected chi connectivity index (χ0v) is 32.4. The molecule has 0 saturated carbocycles. The zero-order valence-electron chi connectivity index (χ0n) is 32.4. The molecule has 3 aromatic heterocycles. The van der Waals surface area contributed by atoms with Crippen LogP contribution in [0, 0.1) is 17.2 Å². The lowest BCUT2D eigenvalue weighted by Gasteiger charge is -2.43. The predicted molar refractivity (Wildman–Crippen MR) is 234 cm³/mol. The van der Waals surface area contributed by atoms with E-state index in [1.54, 1.807) is 0 Å². The molecule has 16 rings (SSSR count). The fourth-order valence-corrected chi connectivity index (χ4v) is 13.0. The number of fused-ring (bicyclic) bond motifs is 18. The van der Waals surface area contributed by atoms with Crippen molar-refractivity contribution in [1.29, 1.82) is 5.26 Å². The minimum absolute atomic E-state index is 0.000263. The molecule has 0 N–H and O–H groups in total. The number of hydrogen-bond acceptors (Lipinski definition) is 3. The highest BCUT2D eigenvalue weighted by atomic mass is 16.3. The van der Waals surface area contributed by atoms with Gasteiger partial charge in [-0.2, -0.15) is 5.26 Å². The van der Waals surface area contributed by atoms with Gasteiger partial charge in [0.2, 0.25) is 0 Å². The number of para-hydroxylation sites is 1. The highest BCUT2D eigenvalue weighted by Gasteiger charge is 2.56. The number of allylic oxidation sites excluding steroid dienone is 1. The molecule has 5 aliphatic carbocycles. The van der Waals surface area contributed by atoms with E-state index in [0.29, 0.717) is 5.92 Å². The molecule has 3 atom stereocenters. The van der Waals surface area contributed by atoms with Crippen LogP contribution in [0.4, 0.5) is 0 Å². The molecule has 1 aliphatic heterocycles. The minimum atomic E-state index is -0.602. The SMILES string of the molecule is CC1C=Cc2cc3c(cc2C1)oc1c2c4c(cc13)c1c3c(c(C#N)cc1n4C1(C)c4ccccc4-c4c(oc5ccccc45)C21)C1c2ccccc2C3c2ccccc21. The van der Waals surface area contributed by atoms with Crippen molar-refractivity contribution in [2.75, 3.05) is 0 Å². The van der Waals surface area contributed by atoms with Gasteiger partial charge in [-0.15, -0.1) is 0 Å². The molecule has 6 aliphatic rings. The Kier molecular flexibility index (Phi) is 5.32. The van der Waals surface area contributed by atoms with Crippen LogP contribution in [0.5, 0.6) is 0 Å². The number of furan rings is 2. The van der Waals surface area contributed by atoms with Gasteiger partial charge in [0.1, 0.15) is 22.5 Å². The van der Waals surface area contributed by atoms with Crippen molar-refractivity contribution in [2.24, 2.45) is 5.92 Å². The molecular weight excluding hydrogens is 721 g/mol. The predicted octanol–water partition coefficient (Wildman–Crippen LogP) is 13.4. The van der Waals surface area contributed by atoms with Crippen molar-refractivity contribution >= 4 is 60.8 Å². The highest BCUT2D eigenvalue weighted by molar-refractivity contribution is 6.22. The Balaban J connectivity index is 1.17. The zero-order chi connectivity index (χ0) is 38.6. The summed E-state index contributed by atoms with van der Waals surface area (Å²) in [5.41, 5.74) is 20.4. The van der Waals surface area contributed by atoms with Crippen LogP contribution in [0.2, 0.25) is 0 Å². The minimum Gasteiger partial charge on any atom is -0.460 e. The van der Waals surface area contributed by atoms with Crippen molar-refractivity contribution in [3.05, 3.63) is 194 Å². The first-order valence-corrected chi connectivity index (χ1v) is 21.0. The first kappa shape index (κ1) is 31.0. The highest BCUT2D eigenvalue weighted by Crippen LogP contribution is 2.66. The molecule has 0 saturated heterocycles. The lowest BCUT2D eigenvalue weighted by Crippen LogP contribution is -2.37. The third-order valence-electron chi connectivity index (χ3n) is 15.2. The maximum Gasteiger partial charge on any atom is 0.141 e. The van der Waals surface area contributed by atoms with Crippen molar-refractivity contribution in [1.82, 2.24) is 4.57 Å². The van der Waals surface area contributed by atoms with Crippen LogP contribution in [-0.2, 0) is 12.0 Å². The Labute approximate surface area is 339 Å². The number of nitrogens with zero attached hydrogens (tertiary/aromatic N) is 2. The number of nitriles is 1. The van der Waals surface area contributed by atoms with Crippen LogP contribution in [0.25, 0.3) is 71.9 Å². The fourth-order valence-electron chi connectivity index (χ4n) is 13.0. The van der Waals surface area contributed by atoms with Crippen LogP contribution in [0.1, 0.15) is 98.6 Å². The fraction of sp³-hybridized carbons (Fsp3) is 0.145. The van der Waals surface area contributed by atoms with Crippen LogP contribution in [0.15, 0.2) is 136 Å². The molecule has 7 aromatic carbocycles. The quantitative estimate of drug-likeness (QED) is 0.155. The maximum absolute atomic E-state index is 11.3. The Morgan fingerprint density at radius 2 is 1.41 bits per heavy atom. The standard InChI is InChI=1S/C55H34N2O2/c1-27-19-20-28-22-37-38-25-39-48-41(23-30(26-56)44-45-31-11-3-5-13-33(31)46(49(44)48)34-14-6-4-12-32(34)45)57-52(39)50(53(38)59-43(37)24-29(28)21-27)51-54-47(36-16-8-10-18-42(36)58-54)35-15-7-9-17-40(35)55(51,57)2/h3-20,22-25,27,45-46,51H,21H2,1-2H3. The molecule has 4 heterocycles. The smallest absolute Gasteiger partial charge is 0.141 e. The molecule has 10 aromatic rings. The van der Waals surface area contributed by atoms with E-state index < -0.39 is 5.54 Å². The van der Waals surface area contributed by atoms with Gasteiger partial charge in [-0.3, -0.25) is 0 Å². The molecule has 4 nitrogen and oxygen atoms in total. The van der Waals surface area contributed by atoms with Crippen molar-refractivity contribution in [3.8, 4) is 17.2 Å². The van der Waals surface area contributed by atoms with Crippen molar-refractivity contribution in [2.45, 2.75) is 43.6 Å². The van der Waals surface area contributed by atoms with Gasteiger partial charge in [-0.25, -0.2) is 0 Å². The molecular formula is C55H34N2O2. The first-order chi connectivity index (χ1) is 29.0. The largest absolute Gasteiger partial charge is 0.460 e. The van der Waals surface area contributed by atoms with Crippen LogP contribution in [-0.4, -0.2) is 4.57 Å². The van der Waals surface area contributed by atoms with Gasteiger partial charge >= 0.3 is 0 Å². The maximum atomic E-state index is 11.3. The van der Waals surface area contributed by atoms with E-state index in [1.807, 2.05) is 0 Å². The third-order valence-corrected chi connectivity index (χ3v) is 15.2. The number of benzene rings is 7. The number of rotatable bonds is 0. The van der Waals surface area contributed by atoms with E-state index in [9.17, 15) is 5.26 Å². The Bertz CT molecular complexity index is 3680. The number of aromatic nitrogens is 1. The van der Waals surface area contributed by atoms with Gasteiger partial charge in [0.05, 0.1) is 34.1 Å². The monoisotopic (exact) mass is 754 g/mol. The summed E-state index contributed by atoms with van der Waals surface area (Å²) < 4.78 is 17.0. The van der Waals surface area contributed by atoms with Gasteiger partial charge in [0.15, 0.2) is 0 Å². The molecule has 3 unspecified atom stereocenters. The normalized spacial score (nSPS) is 22.3. The van der Waals surface area contributed by atoms with Gasteiger partial charge in [-0.1, -0.05) is 110 Å². The Hall–Kier alpha value is -7.09. The summed E-state index contributed by atoms with van der Waals surface area (Å²) in [4.78, 5) is 0. The summed E-state index contributed by atoms with van der Waals surface area (Å²) in [6.45, 7) is 4.70. The molecule has 4 heteroatoms. The summed E-state index contributed by atoms with van der Waals surface area (Å²) in [7, 11) is 0. The second-order valence-electron chi connectivity index (χ2n) is 17.9. The average Bonchev–Trinajstić information content (AvgIpc) is 4.00. The van der Waals surface area contributed by atoms with Crippen LogP contribution >= 0.6 is 0 Å². The van der Waals surface area contributed by atoms with Crippen LogP contribution < -0.4 is 0 Å². The second kappa shape index (κ2) is 10.1. The van der Waals surface area contributed by atoms with Gasteiger partial charge in [-0.05, 0) is 105 Å². The van der Waals surface area contributed by atoms with E-state index in [-0.39, 0.29) is 17.8 Å². The molecule has 2 bridgehead atoms. The molecule has 0 spiro atoms. The van der Waals surface area contributed by atoms with Gasteiger partial charge in [0.25, 0.3) is 0 Å². The van der Waals surface area contributed by atoms with Crippen molar-refractivity contribution < 1.29 is 8.83 Å². The second-order valence-corrected chi connectivity index (χ2v) is 17.9.